The lowest BCUT2D eigenvalue weighted by Gasteiger charge is -2.27. The zero-order chi connectivity index (χ0) is 28.1. The number of sulfonamides is 1. The van der Waals surface area contributed by atoms with E-state index < -0.39 is 45.7 Å². The predicted octanol–water partition coefficient (Wildman–Crippen LogP) is 2.36. The Morgan fingerprint density at radius 3 is 2.42 bits per heavy atom. The van der Waals surface area contributed by atoms with Gasteiger partial charge >= 0.3 is 12.1 Å². The number of nitrogens with zero attached hydrogens (tertiary/aromatic N) is 3. The number of hydrogen-bond acceptors (Lipinski definition) is 8. The Hall–Kier alpha value is -3.51. The van der Waals surface area contributed by atoms with E-state index in [2.05, 4.69) is 10.3 Å². The smallest absolute Gasteiger partial charge is 0.414 e. The SMILES string of the molecule is CN(C)C(=O)Oc1ccc(C[C@H](NC(=O)[C@@H]2CCCN2S(=O)(=O)c2cccnc2)C(=O)OC(C)(C)C)cc1. The largest absolute Gasteiger partial charge is 0.458 e. The van der Waals surface area contributed by atoms with Crippen LogP contribution in [0.15, 0.2) is 53.7 Å². The molecule has 0 radical (unpaired) electrons. The van der Waals surface area contributed by atoms with Gasteiger partial charge in [0.25, 0.3) is 0 Å². The zero-order valence-electron chi connectivity index (χ0n) is 22.2. The van der Waals surface area contributed by atoms with Crippen LogP contribution >= 0.6 is 0 Å². The van der Waals surface area contributed by atoms with Gasteiger partial charge in [0.2, 0.25) is 15.9 Å². The Morgan fingerprint density at radius 2 is 1.84 bits per heavy atom. The van der Waals surface area contributed by atoms with Crippen molar-refractivity contribution in [3.63, 3.8) is 0 Å². The summed E-state index contributed by atoms with van der Waals surface area (Å²) in [6, 6.07) is 7.43. The normalized spacial score (nSPS) is 16.9. The Balaban J connectivity index is 1.79. The van der Waals surface area contributed by atoms with Crippen molar-refractivity contribution in [1.29, 1.82) is 0 Å². The van der Waals surface area contributed by atoms with Crippen LogP contribution in [0.5, 0.6) is 5.75 Å². The summed E-state index contributed by atoms with van der Waals surface area (Å²) in [7, 11) is -0.813. The van der Waals surface area contributed by atoms with Crippen molar-refractivity contribution in [1.82, 2.24) is 19.5 Å². The summed E-state index contributed by atoms with van der Waals surface area (Å²) in [6.45, 7) is 5.34. The van der Waals surface area contributed by atoms with Gasteiger partial charge in [0, 0.05) is 39.5 Å². The van der Waals surface area contributed by atoms with Crippen molar-refractivity contribution in [2.24, 2.45) is 0 Å². The van der Waals surface area contributed by atoms with E-state index in [-0.39, 0.29) is 17.9 Å². The fraction of sp³-hybridized carbons (Fsp3) is 0.462. The lowest BCUT2D eigenvalue weighted by Crippen LogP contribution is -2.52. The average Bonchev–Trinajstić information content (AvgIpc) is 3.35. The van der Waals surface area contributed by atoms with Crippen molar-refractivity contribution in [2.75, 3.05) is 20.6 Å². The van der Waals surface area contributed by atoms with E-state index in [4.69, 9.17) is 9.47 Å². The molecule has 2 atom stereocenters. The Labute approximate surface area is 223 Å². The van der Waals surface area contributed by atoms with Gasteiger partial charge in [0.15, 0.2) is 0 Å². The van der Waals surface area contributed by atoms with Crippen LogP contribution in [-0.4, -0.2) is 78.9 Å². The van der Waals surface area contributed by atoms with Gasteiger partial charge in [-0.2, -0.15) is 4.31 Å². The summed E-state index contributed by atoms with van der Waals surface area (Å²) in [5.74, 6) is -0.900. The van der Waals surface area contributed by atoms with Crippen LogP contribution in [0.25, 0.3) is 0 Å². The molecule has 0 aliphatic carbocycles. The first-order chi connectivity index (χ1) is 17.8. The van der Waals surface area contributed by atoms with Gasteiger partial charge in [-0.1, -0.05) is 12.1 Å². The number of benzene rings is 1. The number of aromatic nitrogens is 1. The average molecular weight is 547 g/mol. The van der Waals surface area contributed by atoms with E-state index in [0.29, 0.717) is 24.2 Å². The molecule has 1 aromatic heterocycles. The van der Waals surface area contributed by atoms with Crippen molar-refractivity contribution in [3.8, 4) is 5.75 Å². The molecule has 0 spiro atoms. The van der Waals surface area contributed by atoms with Gasteiger partial charge in [-0.25, -0.2) is 18.0 Å². The van der Waals surface area contributed by atoms with Gasteiger partial charge in [-0.05, 0) is 63.4 Å². The standard InChI is InChI=1S/C26H34N4O7S/c1-26(2,3)37-24(32)21(16-18-10-12-19(13-11-18)36-25(33)29(4)5)28-23(31)22-9-7-15-30(22)38(34,35)20-8-6-14-27-17-20/h6,8,10-14,17,21-22H,7,9,15-16H2,1-5H3,(H,28,31)/t21-,22-/m0/s1. The highest BCUT2D eigenvalue weighted by molar-refractivity contribution is 7.89. The molecule has 1 aliphatic heterocycles. The Morgan fingerprint density at radius 1 is 1.16 bits per heavy atom. The molecule has 1 aromatic carbocycles. The van der Waals surface area contributed by atoms with Gasteiger partial charge in [0.1, 0.15) is 28.3 Å². The topological polar surface area (TPSA) is 135 Å². The van der Waals surface area contributed by atoms with E-state index in [1.165, 1.54) is 29.4 Å². The Kier molecular flexibility index (Phi) is 9.10. The van der Waals surface area contributed by atoms with Crippen LogP contribution in [-0.2, 0) is 30.8 Å². The number of carbonyl (C=O) groups is 3. The monoisotopic (exact) mass is 546 g/mol. The fourth-order valence-electron chi connectivity index (χ4n) is 3.88. The minimum Gasteiger partial charge on any atom is -0.458 e. The molecular formula is C26H34N4O7S. The minimum atomic E-state index is -3.95. The third kappa shape index (κ3) is 7.51. The molecule has 0 unspecified atom stereocenters. The molecule has 1 saturated heterocycles. The van der Waals surface area contributed by atoms with Crippen LogP contribution in [0.3, 0.4) is 0 Å². The van der Waals surface area contributed by atoms with Crippen LogP contribution in [0.4, 0.5) is 4.79 Å². The first-order valence-corrected chi connectivity index (χ1v) is 13.6. The van der Waals surface area contributed by atoms with Crippen LogP contribution in [0.2, 0.25) is 0 Å². The first-order valence-electron chi connectivity index (χ1n) is 12.2. The molecule has 11 nitrogen and oxygen atoms in total. The molecule has 2 heterocycles. The molecule has 2 amide bonds. The first kappa shape index (κ1) is 29.1. The van der Waals surface area contributed by atoms with Gasteiger partial charge < -0.3 is 19.7 Å². The molecule has 38 heavy (non-hydrogen) atoms. The fourth-order valence-corrected chi connectivity index (χ4v) is 5.50. The number of rotatable bonds is 8. The quantitative estimate of drug-likeness (QED) is 0.499. The highest BCUT2D eigenvalue weighted by atomic mass is 32.2. The lowest BCUT2D eigenvalue weighted by molar-refractivity contribution is -0.158. The summed E-state index contributed by atoms with van der Waals surface area (Å²) in [6.07, 6.45) is 3.09. The predicted molar refractivity (Wildman–Crippen MR) is 139 cm³/mol. The maximum Gasteiger partial charge on any atom is 0.414 e. The summed E-state index contributed by atoms with van der Waals surface area (Å²) < 4.78 is 38.3. The third-order valence-corrected chi connectivity index (χ3v) is 7.58. The van der Waals surface area contributed by atoms with Crippen LogP contribution in [0, 0.1) is 0 Å². The Bertz CT molecular complexity index is 1240. The summed E-state index contributed by atoms with van der Waals surface area (Å²) in [4.78, 5) is 43.3. The molecule has 3 rings (SSSR count). The molecule has 2 aromatic rings. The second-order valence-electron chi connectivity index (χ2n) is 10.2. The number of esters is 1. The highest BCUT2D eigenvalue weighted by Crippen LogP contribution is 2.26. The second kappa shape index (κ2) is 11.9. The van der Waals surface area contributed by atoms with Crippen molar-refractivity contribution in [2.45, 2.75) is 62.6 Å². The van der Waals surface area contributed by atoms with E-state index in [1.807, 2.05) is 0 Å². The minimum absolute atomic E-state index is 0.00144. The molecular weight excluding hydrogens is 512 g/mol. The summed E-state index contributed by atoms with van der Waals surface area (Å²) in [5, 5.41) is 2.72. The number of ether oxygens (including phenoxy) is 2. The number of nitrogens with one attached hydrogen (secondary N) is 1. The molecule has 1 fully saturated rings. The van der Waals surface area contributed by atoms with E-state index in [0.717, 1.165) is 4.31 Å². The van der Waals surface area contributed by atoms with Crippen molar-refractivity contribution in [3.05, 3.63) is 54.4 Å². The number of hydrogen-bond donors (Lipinski definition) is 1. The summed E-state index contributed by atoms with van der Waals surface area (Å²) in [5.41, 5.74) is -0.120. The van der Waals surface area contributed by atoms with Gasteiger partial charge in [-0.15, -0.1) is 0 Å². The van der Waals surface area contributed by atoms with Crippen LogP contribution in [0.1, 0.15) is 39.2 Å². The van der Waals surface area contributed by atoms with E-state index in [1.54, 1.807) is 59.1 Å². The number of carbonyl (C=O) groups excluding carboxylic acids is 3. The maximum absolute atomic E-state index is 13.3. The van der Waals surface area contributed by atoms with E-state index >= 15 is 0 Å². The van der Waals surface area contributed by atoms with Gasteiger partial charge in [0.05, 0.1) is 0 Å². The van der Waals surface area contributed by atoms with Gasteiger partial charge in [-0.3, -0.25) is 9.78 Å². The zero-order valence-corrected chi connectivity index (χ0v) is 23.0. The molecule has 0 saturated carbocycles. The number of pyridine rings is 1. The highest BCUT2D eigenvalue weighted by Gasteiger charge is 2.41. The number of amides is 2. The van der Waals surface area contributed by atoms with Crippen molar-refractivity contribution >= 4 is 28.0 Å². The molecule has 12 heteroatoms. The second-order valence-corrected chi connectivity index (χ2v) is 12.1. The van der Waals surface area contributed by atoms with Crippen LogP contribution < -0.4 is 10.1 Å². The molecule has 1 aliphatic rings. The summed E-state index contributed by atoms with van der Waals surface area (Å²) >= 11 is 0. The maximum atomic E-state index is 13.3. The molecule has 206 valence electrons. The molecule has 0 bridgehead atoms. The molecule has 1 N–H and O–H groups in total. The van der Waals surface area contributed by atoms with Crippen molar-refractivity contribution < 1.29 is 32.3 Å². The van der Waals surface area contributed by atoms with E-state index in [9.17, 15) is 22.8 Å². The lowest BCUT2D eigenvalue weighted by atomic mass is 10.0. The third-order valence-electron chi connectivity index (χ3n) is 5.69.